The molecule has 1 heterocycles. The zero-order valence-electron chi connectivity index (χ0n) is 22.9. The topological polar surface area (TPSA) is 93.1 Å². The Morgan fingerprint density at radius 3 is 2.33 bits per heavy atom. The largest absolute Gasteiger partial charge is 0.507 e. The molecule has 0 bridgehead atoms. The molecule has 7 heteroatoms. The summed E-state index contributed by atoms with van der Waals surface area (Å²) in [6.45, 7) is 9.70. The molecule has 1 saturated heterocycles. The van der Waals surface area contributed by atoms with Gasteiger partial charge in [-0.25, -0.2) is 0 Å². The number of esters is 1. The van der Waals surface area contributed by atoms with Crippen molar-refractivity contribution in [3.8, 4) is 5.75 Å². The Morgan fingerprint density at radius 1 is 1.00 bits per heavy atom. The Morgan fingerprint density at radius 2 is 1.72 bits per heavy atom. The summed E-state index contributed by atoms with van der Waals surface area (Å²) in [6, 6.07) is 18.7. The second-order valence-corrected chi connectivity index (χ2v) is 9.88. The fraction of sp³-hybridized carbons (Fsp3) is 0.281. The van der Waals surface area contributed by atoms with Gasteiger partial charge in [-0.1, -0.05) is 42.0 Å². The normalized spacial score (nSPS) is 16.6. The average Bonchev–Trinajstić information content (AvgIpc) is 3.15. The number of anilines is 1. The van der Waals surface area contributed by atoms with Crippen LogP contribution in [0.1, 0.15) is 54.6 Å². The molecule has 3 aromatic rings. The maximum atomic E-state index is 13.5. The first-order valence-electron chi connectivity index (χ1n) is 13.0. The van der Waals surface area contributed by atoms with Crippen LogP contribution in [0.15, 0.2) is 72.3 Å². The van der Waals surface area contributed by atoms with Crippen molar-refractivity contribution in [2.24, 2.45) is 0 Å². The quantitative estimate of drug-likeness (QED) is 0.172. The van der Waals surface area contributed by atoms with Gasteiger partial charge in [-0.2, -0.15) is 0 Å². The fourth-order valence-electron chi connectivity index (χ4n) is 4.75. The summed E-state index contributed by atoms with van der Waals surface area (Å²) >= 11 is 0. The minimum absolute atomic E-state index is 0.0122. The van der Waals surface area contributed by atoms with Crippen molar-refractivity contribution in [3.05, 3.63) is 100 Å². The summed E-state index contributed by atoms with van der Waals surface area (Å²) in [5, 5.41) is 11.5. The van der Waals surface area contributed by atoms with E-state index in [0.29, 0.717) is 29.2 Å². The Balaban J connectivity index is 1.80. The van der Waals surface area contributed by atoms with E-state index in [4.69, 9.17) is 9.47 Å². The van der Waals surface area contributed by atoms with E-state index in [1.165, 1.54) is 4.90 Å². The molecule has 7 nitrogen and oxygen atoms in total. The molecule has 0 aliphatic carbocycles. The van der Waals surface area contributed by atoms with Gasteiger partial charge in [-0.05, 0) is 81.6 Å². The zero-order chi connectivity index (χ0) is 28.3. The number of benzene rings is 3. The molecule has 4 rings (SSSR count). The van der Waals surface area contributed by atoms with Crippen molar-refractivity contribution in [1.82, 2.24) is 0 Å². The van der Waals surface area contributed by atoms with Gasteiger partial charge in [0, 0.05) is 11.3 Å². The number of ether oxygens (including phenoxy) is 2. The molecule has 1 atom stereocenters. The summed E-state index contributed by atoms with van der Waals surface area (Å²) in [6.07, 6.45) is 0.0860. The van der Waals surface area contributed by atoms with E-state index < -0.39 is 17.7 Å². The number of rotatable bonds is 8. The molecule has 1 unspecified atom stereocenters. The van der Waals surface area contributed by atoms with Crippen LogP contribution in [-0.2, 0) is 25.5 Å². The van der Waals surface area contributed by atoms with E-state index in [0.717, 1.165) is 16.7 Å². The highest BCUT2D eigenvalue weighted by atomic mass is 16.5. The Bertz CT molecular complexity index is 1440. The zero-order valence-corrected chi connectivity index (χ0v) is 22.9. The number of aliphatic hydroxyl groups excluding tert-OH is 1. The molecule has 1 aliphatic heterocycles. The van der Waals surface area contributed by atoms with Crippen LogP contribution in [0, 0.1) is 13.8 Å². The van der Waals surface area contributed by atoms with Crippen molar-refractivity contribution in [2.45, 2.75) is 53.2 Å². The van der Waals surface area contributed by atoms with Gasteiger partial charge in [0.1, 0.15) is 11.5 Å². The van der Waals surface area contributed by atoms with Gasteiger partial charge in [0.2, 0.25) is 0 Å². The standard InChI is InChI=1S/C32H33NO6/c1-6-38-27(34)18-22-10-13-25(14-11-22)33-29(23-9-7-8-20(4)16-23)28(31(36)32(33)37)30(35)24-12-15-26(21(5)17-24)39-19(2)3/h7-17,19,29,35H,6,18H2,1-5H3/b30-28-. The Labute approximate surface area is 228 Å². The predicted octanol–water partition coefficient (Wildman–Crippen LogP) is 5.82. The Hall–Kier alpha value is -4.39. The highest BCUT2D eigenvalue weighted by molar-refractivity contribution is 6.51. The third-order valence-electron chi connectivity index (χ3n) is 6.48. The Kier molecular flexibility index (Phi) is 8.19. The van der Waals surface area contributed by atoms with Crippen LogP contribution >= 0.6 is 0 Å². The number of ketones is 1. The van der Waals surface area contributed by atoms with Gasteiger partial charge in [-0.15, -0.1) is 0 Å². The summed E-state index contributed by atoms with van der Waals surface area (Å²) in [7, 11) is 0. The van der Waals surface area contributed by atoms with E-state index in [-0.39, 0.29) is 29.8 Å². The average molecular weight is 528 g/mol. The van der Waals surface area contributed by atoms with Gasteiger partial charge in [0.15, 0.2) is 0 Å². The van der Waals surface area contributed by atoms with Crippen LogP contribution in [-0.4, -0.2) is 35.5 Å². The molecule has 39 heavy (non-hydrogen) atoms. The number of hydrogen-bond acceptors (Lipinski definition) is 6. The second-order valence-electron chi connectivity index (χ2n) is 9.88. The molecule has 3 aromatic carbocycles. The van der Waals surface area contributed by atoms with Crippen LogP contribution in [0.2, 0.25) is 0 Å². The van der Waals surface area contributed by atoms with Gasteiger partial charge in [-0.3, -0.25) is 19.3 Å². The SMILES string of the molecule is CCOC(=O)Cc1ccc(N2C(=O)C(=O)/C(=C(\O)c3ccc(OC(C)C)c(C)c3)C2c2cccc(C)c2)cc1. The lowest BCUT2D eigenvalue weighted by Crippen LogP contribution is -2.29. The lowest BCUT2D eigenvalue weighted by atomic mass is 9.93. The first-order chi connectivity index (χ1) is 18.6. The van der Waals surface area contributed by atoms with Gasteiger partial charge >= 0.3 is 5.97 Å². The molecule has 0 spiro atoms. The molecule has 0 radical (unpaired) electrons. The minimum Gasteiger partial charge on any atom is -0.507 e. The number of aryl methyl sites for hydroxylation is 2. The van der Waals surface area contributed by atoms with Crippen LogP contribution in [0.5, 0.6) is 5.75 Å². The fourth-order valence-corrected chi connectivity index (χ4v) is 4.75. The number of Topliss-reactive ketones (excluding diaryl/α,β-unsaturated/α-hetero) is 1. The van der Waals surface area contributed by atoms with Gasteiger partial charge < -0.3 is 14.6 Å². The van der Waals surface area contributed by atoms with E-state index in [1.807, 2.05) is 52.0 Å². The highest BCUT2D eigenvalue weighted by Gasteiger charge is 2.47. The molecule has 1 fully saturated rings. The van der Waals surface area contributed by atoms with Gasteiger partial charge in [0.25, 0.3) is 11.7 Å². The molecule has 0 aromatic heterocycles. The first-order valence-corrected chi connectivity index (χ1v) is 13.0. The second kappa shape index (κ2) is 11.6. The minimum atomic E-state index is -0.840. The number of nitrogens with zero attached hydrogens (tertiary/aromatic N) is 1. The summed E-state index contributed by atoms with van der Waals surface area (Å²) in [4.78, 5) is 40.2. The number of carbonyl (C=O) groups is 3. The van der Waals surface area contributed by atoms with E-state index in [9.17, 15) is 19.5 Å². The number of aliphatic hydroxyl groups is 1. The third-order valence-corrected chi connectivity index (χ3v) is 6.48. The lowest BCUT2D eigenvalue weighted by Gasteiger charge is -2.26. The first kappa shape index (κ1) is 27.6. The highest BCUT2D eigenvalue weighted by Crippen LogP contribution is 2.42. The maximum Gasteiger partial charge on any atom is 0.310 e. The molecule has 0 saturated carbocycles. The summed E-state index contributed by atoms with van der Waals surface area (Å²) in [5.74, 6) is -1.42. The number of hydrogen-bond donors (Lipinski definition) is 1. The monoisotopic (exact) mass is 527 g/mol. The van der Waals surface area contributed by atoms with Crippen LogP contribution in [0.25, 0.3) is 5.76 Å². The molecular weight excluding hydrogens is 494 g/mol. The van der Waals surface area contributed by atoms with E-state index in [1.54, 1.807) is 49.4 Å². The van der Waals surface area contributed by atoms with Crippen LogP contribution in [0.3, 0.4) is 0 Å². The molecule has 1 N–H and O–H groups in total. The van der Waals surface area contributed by atoms with Crippen LogP contribution in [0.4, 0.5) is 5.69 Å². The number of carbonyl (C=O) groups excluding carboxylic acids is 3. The summed E-state index contributed by atoms with van der Waals surface area (Å²) < 4.78 is 10.8. The van der Waals surface area contributed by atoms with Crippen molar-refractivity contribution in [1.29, 1.82) is 0 Å². The van der Waals surface area contributed by atoms with E-state index in [2.05, 4.69) is 0 Å². The van der Waals surface area contributed by atoms with E-state index >= 15 is 0 Å². The molecule has 1 amide bonds. The molecular formula is C32H33NO6. The van der Waals surface area contributed by atoms with Crippen molar-refractivity contribution in [3.63, 3.8) is 0 Å². The molecule has 202 valence electrons. The van der Waals surface area contributed by atoms with Crippen molar-refractivity contribution >= 4 is 29.1 Å². The summed E-state index contributed by atoms with van der Waals surface area (Å²) in [5.41, 5.74) is 4.08. The third kappa shape index (κ3) is 5.87. The maximum absolute atomic E-state index is 13.5. The van der Waals surface area contributed by atoms with Gasteiger partial charge in [0.05, 0.1) is 30.7 Å². The smallest absolute Gasteiger partial charge is 0.310 e. The van der Waals surface area contributed by atoms with Crippen LogP contribution < -0.4 is 9.64 Å². The van der Waals surface area contributed by atoms with Crippen molar-refractivity contribution in [2.75, 3.05) is 11.5 Å². The predicted molar refractivity (Wildman–Crippen MR) is 150 cm³/mol. The number of amides is 1. The lowest BCUT2D eigenvalue weighted by molar-refractivity contribution is -0.142. The molecule has 1 aliphatic rings. The van der Waals surface area contributed by atoms with Crippen molar-refractivity contribution < 1.29 is 29.0 Å².